The molecule has 506 valence electrons. The SMILES string of the molecule is C=CCOC(=O)N[C@H](C(=O)C[C@@H](C)C(=O)Nc1ccc(COC(=O)NCCCOc2cc3c(cc2OCCCCCOc2cc4c(cc2OC)C(=O)N2C=C(C)C[C@H]2C(=O)N4COCC[Si](C)(C)C)N(COCC[Si](C)(C)C)C(=O)[C@@H]2CC(C)=CN2C3=O)cc1)C(C)C. The Balaban J connectivity index is 0.964. The van der Waals surface area contributed by atoms with Gasteiger partial charge in [-0.05, 0) is 100 Å². The van der Waals surface area contributed by atoms with Gasteiger partial charge in [0.2, 0.25) is 5.91 Å². The van der Waals surface area contributed by atoms with E-state index in [0.29, 0.717) is 97.2 Å². The van der Waals surface area contributed by atoms with Gasteiger partial charge in [-0.25, -0.2) is 9.59 Å². The molecule has 4 heterocycles. The van der Waals surface area contributed by atoms with E-state index in [4.69, 9.17) is 37.9 Å². The van der Waals surface area contributed by atoms with Crippen molar-refractivity contribution in [3.05, 3.63) is 101 Å². The van der Waals surface area contributed by atoms with E-state index in [0.717, 1.165) is 23.2 Å². The van der Waals surface area contributed by atoms with Crippen molar-refractivity contribution < 1.29 is 76.3 Å². The molecule has 4 aliphatic rings. The van der Waals surface area contributed by atoms with Gasteiger partial charge in [0.25, 0.3) is 23.6 Å². The number of Topliss-reactive ketones (excluding diaryl/α,β-unsaturated/α-hetero) is 1. The van der Waals surface area contributed by atoms with Crippen LogP contribution in [-0.4, -0.2) is 158 Å². The molecule has 0 bridgehead atoms. The fourth-order valence-corrected chi connectivity index (χ4v) is 12.3. The van der Waals surface area contributed by atoms with Gasteiger partial charge in [0.1, 0.15) is 38.8 Å². The summed E-state index contributed by atoms with van der Waals surface area (Å²) in [5, 5.41) is 8.12. The highest BCUT2D eigenvalue weighted by Crippen LogP contribution is 2.43. The van der Waals surface area contributed by atoms with Gasteiger partial charge >= 0.3 is 12.2 Å². The quantitative estimate of drug-likeness (QED) is 0.0281. The van der Waals surface area contributed by atoms with E-state index in [1.807, 2.05) is 13.8 Å². The fourth-order valence-electron chi connectivity index (χ4n) is 10.8. The third-order valence-electron chi connectivity index (χ3n) is 16.1. The predicted molar refractivity (Wildman–Crippen MR) is 359 cm³/mol. The third kappa shape index (κ3) is 20.2. The number of nitrogens with zero attached hydrogens (tertiary/aromatic N) is 4. The van der Waals surface area contributed by atoms with Crippen molar-refractivity contribution in [1.82, 2.24) is 20.4 Å². The number of nitrogens with one attached hydrogen (secondary N) is 3. The maximum absolute atomic E-state index is 14.5. The zero-order valence-corrected chi connectivity index (χ0v) is 58.2. The van der Waals surface area contributed by atoms with Crippen molar-refractivity contribution in [2.24, 2.45) is 11.8 Å². The second kappa shape index (κ2) is 33.2. The number of hydrogen-bond donors (Lipinski definition) is 3. The Bertz CT molecular complexity index is 3270. The topological polar surface area (TPSA) is 259 Å². The van der Waals surface area contributed by atoms with Crippen molar-refractivity contribution in [2.45, 2.75) is 156 Å². The first-order valence-electron chi connectivity index (χ1n) is 32.1. The molecular formula is C68H95N7O16Si2. The molecule has 0 aliphatic carbocycles. The number of benzene rings is 3. The smallest absolute Gasteiger partial charge is 0.408 e. The monoisotopic (exact) mass is 1320 g/mol. The van der Waals surface area contributed by atoms with E-state index < -0.39 is 52.4 Å². The molecule has 3 aromatic carbocycles. The molecule has 25 heteroatoms. The Morgan fingerprint density at radius 1 is 0.645 bits per heavy atom. The highest BCUT2D eigenvalue weighted by atomic mass is 28.3. The lowest BCUT2D eigenvalue weighted by Gasteiger charge is -2.27. The van der Waals surface area contributed by atoms with Crippen molar-refractivity contribution in [3.8, 4) is 23.0 Å². The Kier molecular flexibility index (Phi) is 25.9. The summed E-state index contributed by atoms with van der Waals surface area (Å²) in [7, 11) is -1.40. The van der Waals surface area contributed by atoms with Crippen LogP contribution in [0.1, 0.15) is 106 Å². The molecule has 3 aromatic rings. The molecule has 7 rings (SSSR count). The van der Waals surface area contributed by atoms with Gasteiger partial charge in [-0.15, -0.1) is 0 Å². The van der Waals surface area contributed by atoms with E-state index in [1.165, 1.54) is 27.9 Å². The number of alkyl carbamates (subject to hydrolysis) is 2. The average molecular weight is 1320 g/mol. The molecule has 7 amide bonds. The molecule has 0 radical (unpaired) electrons. The van der Waals surface area contributed by atoms with Crippen LogP contribution in [0.5, 0.6) is 23.0 Å². The summed E-state index contributed by atoms with van der Waals surface area (Å²) in [6.07, 6.45) is 6.34. The fraction of sp³-hybridized carbons (Fsp3) is 0.529. The van der Waals surface area contributed by atoms with Gasteiger partial charge in [0.05, 0.1) is 55.5 Å². The molecule has 0 fully saturated rings. The molecular weight excluding hydrogens is 1230 g/mol. The summed E-state index contributed by atoms with van der Waals surface area (Å²) < 4.78 is 47.7. The summed E-state index contributed by atoms with van der Waals surface area (Å²) in [6, 6.07) is 12.9. The minimum Gasteiger partial charge on any atom is -0.493 e. The maximum Gasteiger partial charge on any atom is 0.408 e. The number of carbonyl (C=O) groups is 8. The summed E-state index contributed by atoms with van der Waals surface area (Å²) >= 11 is 0. The van der Waals surface area contributed by atoms with E-state index in [1.54, 1.807) is 86.6 Å². The third-order valence-corrected chi connectivity index (χ3v) is 19.5. The Morgan fingerprint density at radius 2 is 1.14 bits per heavy atom. The second-order valence-corrected chi connectivity index (χ2v) is 38.1. The van der Waals surface area contributed by atoms with Crippen LogP contribution in [0.15, 0.2) is 84.7 Å². The van der Waals surface area contributed by atoms with Crippen LogP contribution in [0.4, 0.5) is 26.7 Å². The first kappa shape index (κ1) is 72.4. The van der Waals surface area contributed by atoms with Crippen LogP contribution in [0, 0.1) is 11.8 Å². The number of fused-ring (bicyclic) bond motifs is 4. The molecule has 93 heavy (non-hydrogen) atoms. The summed E-state index contributed by atoms with van der Waals surface area (Å²) in [4.78, 5) is 114. The van der Waals surface area contributed by atoms with Crippen molar-refractivity contribution in [3.63, 3.8) is 0 Å². The molecule has 4 aliphatic heterocycles. The largest absolute Gasteiger partial charge is 0.493 e. The first-order valence-corrected chi connectivity index (χ1v) is 39.5. The van der Waals surface area contributed by atoms with Crippen molar-refractivity contribution in [2.75, 3.05) is 81.9 Å². The van der Waals surface area contributed by atoms with Crippen LogP contribution in [0.2, 0.25) is 51.4 Å². The average Bonchev–Trinajstić information content (AvgIpc) is 1.64. The second-order valence-electron chi connectivity index (χ2n) is 26.9. The van der Waals surface area contributed by atoms with Gasteiger partial charge in [-0.2, -0.15) is 0 Å². The molecule has 4 atom stereocenters. The number of anilines is 3. The number of carbonyl (C=O) groups excluding carboxylic acids is 8. The number of ketones is 1. The van der Waals surface area contributed by atoms with Crippen LogP contribution in [0.3, 0.4) is 0 Å². The zero-order valence-electron chi connectivity index (χ0n) is 56.2. The zero-order chi connectivity index (χ0) is 67.7. The summed E-state index contributed by atoms with van der Waals surface area (Å²) in [6.45, 7) is 27.6. The number of hydrogen-bond acceptors (Lipinski definition) is 16. The number of ether oxygens (including phenoxy) is 8. The highest BCUT2D eigenvalue weighted by molar-refractivity contribution is 6.76. The lowest BCUT2D eigenvalue weighted by molar-refractivity contribution is -0.127. The van der Waals surface area contributed by atoms with Crippen LogP contribution in [0.25, 0.3) is 0 Å². The Morgan fingerprint density at radius 3 is 1.63 bits per heavy atom. The van der Waals surface area contributed by atoms with Gasteiger partial charge in [0.15, 0.2) is 28.8 Å². The number of methoxy groups -OCH3 is 1. The van der Waals surface area contributed by atoms with Crippen LogP contribution < -0.4 is 44.7 Å². The minimum absolute atomic E-state index is 0.00404. The normalized spacial score (nSPS) is 16.8. The Labute approximate surface area is 548 Å². The lowest BCUT2D eigenvalue weighted by Crippen LogP contribution is -2.45. The van der Waals surface area contributed by atoms with E-state index in [-0.39, 0.29) is 112 Å². The van der Waals surface area contributed by atoms with Crippen molar-refractivity contribution in [1.29, 1.82) is 0 Å². The highest BCUT2D eigenvalue weighted by Gasteiger charge is 2.44. The summed E-state index contributed by atoms with van der Waals surface area (Å²) in [5.41, 5.74) is 4.25. The van der Waals surface area contributed by atoms with Gasteiger partial charge in [-0.3, -0.25) is 38.6 Å². The van der Waals surface area contributed by atoms with E-state index in [2.05, 4.69) is 61.8 Å². The summed E-state index contributed by atoms with van der Waals surface area (Å²) in [5.74, 6) is -1.50. The number of unbranched alkanes of at least 4 members (excludes halogenated alkanes) is 2. The molecule has 0 unspecified atom stereocenters. The van der Waals surface area contributed by atoms with Gasteiger partial charge < -0.3 is 63.6 Å². The Hall–Kier alpha value is -8.01. The van der Waals surface area contributed by atoms with Gasteiger partial charge in [0, 0.05) is 78.5 Å². The number of amides is 7. The maximum atomic E-state index is 14.5. The lowest BCUT2D eigenvalue weighted by atomic mass is 9.93. The molecule has 0 saturated carbocycles. The molecule has 0 saturated heterocycles. The molecule has 23 nitrogen and oxygen atoms in total. The number of rotatable bonds is 35. The van der Waals surface area contributed by atoms with Gasteiger partial charge in [-0.1, -0.05) is 96.0 Å². The molecule has 0 spiro atoms. The standard InChI is InChI=1S/C68H95N7O16Si2/c1-14-24-90-68(83)71-61(44(2)3)56(76)34-47(6)62(77)70-49-21-19-48(20-22-49)41-91-67(82)69-23-18-27-89-58-36-51-53(75(43-86-29-31-93(11,12)13)66(81)55-33-46(5)40-73(55)64(51)79)38-60(58)88-26-17-15-16-25-87-59-37-52-50(35-57(59)84-7)63(78)72-39-45(4)32-54(72)65(80)74(52)42-85-28-30-92(8,9)10/h14,19-22,35-40,44,47,54-55,61H,1,15-18,23-34,41-43H2,2-13H3,(H,69,82)(H,70,77)(H,71,83)/t47-,54+,55+,61+/m1/s1. The molecule has 0 aromatic heterocycles. The minimum atomic E-state index is -1.48. The van der Waals surface area contributed by atoms with Crippen LogP contribution in [-0.2, 0) is 44.7 Å². The molecule has 3 N–H and O–H groups in total. The van der Waals surface area contributed by atoms with E-state index >= 15 is 0 Å². The predicted octanol–water partition coefficient (Wildman–Crippen LogP) is 11.0. The van der Waals surface area contributed by atoms with Crippen molar-refractivity contribution >= 4 is 80.7 Å². The first-order chi connectivity index (χ1) is 44.2. The van der Waals surface area contributed by atoms with Crippen LogP contribution >= 0.6 is 0 Å². The van der Waals surface area contributed by atoms with E-state index in [9.17, 15) is 38.4 Å².